The minimum atomic E-state index is -0.497. The Balaban J connectivity index is 1.62. The number of anilines is 2. The molecule has 0 fully saturated rings. The predicted molar refractivity (Wildman–Crippen MR) is 122 cm³/mol. The summed E-state index contributed by atoms with van der Waals surface area (Å²) in [5.41, 5.74) is 2.20. The van der Waals surface area contributed by atoms with Crippen LogP contribution in [0.25, 0.3) is 11.0 Å². The first-order valence-electron chi connectivity index (χ1n) is 9.97. The Morgan fingerprint density at radius 1 is 0.844 bits per heavy atom. The molecule has 7 heteroatoms. The van der Waals surface area contributed by atoms with Crippen LogP contribution in [-0.2, 0) is 11.2 Å². The molecule has 0 saturated heterocycles. The van der Waals surface area contributed by atoms with E-state index < -0.39 is 5.91 Å². The van der Waals surface area contributed by atoms with E-state index in [0.29, 0.717) is 33.8 Å². The molecule has 0 bridgehead atoms. The fourth-order valence-corrected chi connectivity index (χ4v) is 3.40. The minimum Gasteiger partial charge on any atom is -0.493 e. The molecule has 0 aliphatic carbocycles. The second-order valence-corrected chi connectivity index (χ2v) is 7.04. The zero-order chi connectivity index (χ0) is 22.5. The summed E-state index contributed by atoms with van der Waals surface area (Å²) in [6.45, 7) is 0. The second kappa shape index (κ2) is 9.26. The maximum absolute atomic E-state index is 13.1. The number of fused-ring (bicyclic) bond motifs is 1. The zero-order valence-corrected chi connectivity index (χ0v) is 17.7. The predicted octanol–water partition coefficient (Wildman–Crippen LogP) is 4.88. The van der Waals surface area contributed by atoms with Crippen LogP contribution in [0.4, 0.5) is 11.4 Å². The number of rotatable bonds is 7. The summed E-state index contributed by atoms with van der Waals surface area (Å²) >= 11 is 0. The molecule has 0 aliphatic rings. The van der Waals surface area contributed by atoms with E-state index in [4.69, 9.17) is 13.9 Å². The van der Waals surface area contributed by atoms with Crippen molar-refractivity contribution in [1.82, 2.24) is 0 Å². The van der Waals surface area contributed by atoms with Crippen molar-refractivity contribution in [3.8, 4) is 11.5 Å². The van der Waals surface area contributed by atoms with Gasteiger partial charge in [-0.1, -0.05) is 42.5 Å². The highest BCUT2D eigenvalue weighted by atomic mass is 16.5. The molecule has 3 aromatic carbocycles. The monoisotopic (exact) mass is 430 g/mol. The molecule has 4 aromatic rings. The molecule has 1 aromatic heterocycles. The summed E-state index contributed by atoms with van der Waals surface area (Å²) in [6.07, 6.45) is 0.178. The van der Waals surface area contributed by atoms with Crippen LogP contribution in [0.1, 0.15) is 16.1 Å². The lowest BCUT2D eigenvalue weighted by Crippen LogP contribution is -2.18. The molecule has 1 heterocycles. The van der Waals surface area contributed by atoms with Crippen molar-refractivity contribution in [2.75, 3.05) is 24.9 Å². The van der Waals surface area contributed by atoms with Gasteiger partial charge in [-0.2, -0.15) is 0 Å². The second-order valence-electron chi connectivity index (χ2n) is 7.04. The van der Waals surface area contributed by atoms with Crippen LogP contribution in [0, 0.1) is 0 Å². The largest absolute Gasteiger partial charge is 0.493 e. The van der Waals surface area contributed by atoms with E-state index in [1.54, 1.807) is 36.4 Å². The van der Waals surface area contributed by atoms with Crippen molar-refractivity contribution >= 4 is 34.2 Å². The Bertz CT molecular complexity index is 1260. The van der Waals surface area contributed by atoms with Crippen molar-refractivity contribution in [1.29, 1.82) is 0 Å². The summed E-state index contributed by atoms with van der Waals surface area (Å²) in [5.74, 6) is 0.295. The molecule has 162 valence electrons. The minimum absolute atomic E-state index is 0.0161. The zero-order valence-electron chi connectivity index (χ0n) is 17.7. The lowest BCUT2D eigenvalue weighted by Gasteiger charge is -2.11. The number of methoxy groups -OCH3 is 2. The van der Waals surface area contributed by atoms with Crippen molar-refractivity contribution in [3.05, 3.63) is 84.1 Å². The summed E-state index contributed by atoms with van der Waals surface area (Å²) in [5, 5.41) is 6.29. The van der Waals surface area contributed by atoms with Crippen molar-refractivity contribution in [2.24, 2.45) is 0 Å². The third kappa shape index (κ3) is 4.41. The Kier molecular flexibility index (Phi) is 6.07. The van der Waals surface area contributed by atoms with E-state index >= 15 is 0 Å². The number of nitrogens with one attached hydrogen (secondary N) is 2. The Morgan fingerprint density at radius 3 is 2.31 bits per heavy atom. The van der Waals surface area contributed by atoms with Crippen LogP contribution < -0.4 is 20.1 Å². The lowest BCUT2D eigenvalue weighted by molar-refractivity contribution is -0.115. The first-order valence-corrected chi connectivity index (χ1v) is 9.97. The van der Waals surface area contributed by atoms with Crippen molar-refractivity contribution in [3.63, 3.8) is 0 Å². The molecular weight excluding hydrogens is 408 g/mol. The molecular formula is C25H22N2O5. The van der Waals surface area contributed by atoms with E-state index in [-0.39, 0.29) is 18.1 Å². The quantitative estimate of drug-likeness (QED) is 0.436. The van der Waals surface area contributed by atoms with Crippen LogP contribution in [-0.4, -0.2) is 26.0 Å². The summed E-state index contributed by atoms with van der Waals surface area (Å²) in [7, 11) is 3.05. The van der Waals surface area contributed by atoms with Gasteiger partial charge in [0, 0.05) is 17.1 Å². The summed E-state index contributed by atoms with van der Waals surface area (Å²) < 4.78 is 16.3. The number of amides is 2. The maximum Gasteiger partial charge on any atom is 0.293 e. The number of hydrogen-bond donors (Lipinski definition) is 2. The molecule has 0 saturated carbocycles. The van der Waals surface area contributed by atoms with Gasteiger partial charge in [0.1, 0.15) is 11.3 Å². The smallest absolute Gasteiger partial charge is 0.293 e. The Hall–Kier alpha value is -4.26. The highest BCUT2D eigenvalue weighted by Gasteiger charge is 2.23. The fraction of sp³-hybridized carbons (Fsp3) is 0.120. The average Bonchev–Trinajstić information content (AvgIpc) is 3.18. The number of ether oxygens (including phenoxy) is 2. The SMILES string of the molecule is COc1ccc(NC(=O)c2oc3ccccc3c2NC(=O)Cc2ccccc2)cc1OC. The van der Waals surface area contributed by atoms with Gasteiger partial charge in [-0.05, 0) is 29.8 Å². The third-order valence-corrected chi connectivity index (χ3v) is 4.92. The number of carbonyl (C=O) groups is 2. The van der Waals surface area contributed by atoms with Crippen molar-refractivity contribution in [2.45, 2.75) is 6.42 Å². The van der Waals surface area contributed by atoms with Gasteiger partial charge >= 0.3 is 0 Å². The maximum atomic E-state index is 13.1. The molecule has 7 nitrogen and oxygen atoms in total. The van der Waals surface area contributed by atoms with E-state index in [1.807, 2.05) is 36.4 Å². The number of carbonyl (C=O) groups excluding carboxylic acids is 2. The third-order valence-electron chi connectivity index (χ3n) is 4.92. The van der Waals surface area contributed by atoms with E-state index in [0.717, 1.165) is 5.56 Å². The van der Waals surface area contributed by atoms with Gasteiger partial charge in [0.2, 0.25) is 11.7 Å². The van der Waals surface area contributed by atoms with Gasteiger partial charge < -0.3 is 24.5 Å². The first-order chi connectivity index (χ1) is 15.6. The van der Waals surface area contributed by atoms with Crippen LogP contribution in [0.3, 0.4) is 0 Å². The molecule has 0 spiro atoms. The molecule has 4 rings (SSSR count). The highest BCUT2D eigenvalue weighted by Crippen LogP contribution is 2.33. The highest BCUT2D eigenvalue weighted by molar-refractivity contribution is 6.14. The van der Waals surface area contributed by atoms with E-state index in [1.165, 1.54) is 14.2 Å². The molecule has 32 heavy (non-hydrogen) atoms. The van der Waals surface area contributed by atoms with Gasteiger partial charge in [-0.25, -0.2) is 0 Å². The standard InChI is InChI=1S/C25H22N2O5/c1-30-20-13-12-17(15-21(20)31-2)26-25(29)24-23(18-10-6-7-11-19(18)32-24)27-22(28)14-16-8-4-3-5-9-16/h3-13,15H,14H2,1-2H3,(H,26,29)(H,27,28). The Labute approximate surface area is 184 Å². The van der Waals surface area contributed by atoms with Gasteiger partial charge in [0.25, 0.3) is 5.91 Å². The van der Waals surface area contributed by atoms with Gasteiger partial charge in [-0.15, -0.1) is 0 Å². The number of furan rings is 1. The molecule has 0 unspecified atom stereocenters. The number of para-hydroxylation sites is 1. The topological polar surface area (TPSA) is 89.8 Å². The Morgan fingerprint density at radius 2 is 1.56 bits per heavy atom. The normalized spacial score (nSPS) is 10.6. The average molecular weight is 430 g/mol. The van der Waals surface area contributed by atoms with Crippen molar-refractivity contribution < 1.29 is 23.5 Å². The molecule has 2 amide bonds. The number of hydrogen-bond acceptors (Lipinski definition) is 5. The van der Waals surface area contributed by atoms with Crippen LogP contribution >= 0.6 is 0 Å². The van der Waals surface area contributed by atoms with E-state index in [9.17, 15) is 9.59 Å². The van der Waals surface area contributed by atoms with Crippen LogP contribution in [0.15, 0.2) is 77.2 Å². The summed E-state index contributed by atoms with van der Waals surface area (Å²) in [6, 6.07) is 21.6. The molecule has 0 radical (unpaired) electrons. The summed E-state index contributed by atoms with van der Waals surface area (Å²) in [4.78, 5) is 25.8. The number of benzene rings is 3. The lowest BCUT2D eigenvalue weighted by atomic mass is 10.1. The van der Waals surface area contributed by atoms with Gasteiger partial charge in [0.15, 0.2) is 11.5 Å². The van der Waals surface area contributed by atoms with Gasteiger partial charge in [0.05, 0.1) is 20.6 Å². The van der Waals surface area contributed by atoms with E-state index in [2.05, 4.69) is 10.6 Å². The van der Waals surface area contributed by atoms with Gasteiger partial charge in [-0.3, -0.25) is 9.59 Å². The fourth-order valence-electron chi connectivity index (χ4n) is 3.40. The van der Waals surface area contributed by atoms with Crippen LogP contribution in [0.2, 0.25) is 0 Å². The molecule has 0 aliphatic heterocycles. The van der Waals surface area contributed by atoms with Crippen LogP contribution in [0.5, 0.6) is 11.5 Å². The molecule has 0 atom stereocenters. The molecule has 2 N–H and O–H groups in total. The first kappa shape index (κ1) is 21.0.